The minimum absolute atomic E-state index is 0.162. The average Bonchev–Trinajstić information content (AvgIpc) is 2.68. The van der Waals surface area contributed by atoms with E-state index in [2.05, 4.69) is 0 Å². The molecule has 2 amide bonds. The number of amides is 2. The largest absolute Gasteiger partial charge is 0.416 e. The van der Waals surface area contributed by atoms with Crippen molar-refractivity contribution in [2.45, 2.75) is 12.7 Å². The average molecular weight is 385 g/mol. The van der Waals surface area contributed by atoms with Gasteiger partial charge in [0.2, 0.25) is 0 Å². The first kappa shape index (κ1) is 19.6. The number of carbonyl (C=O) groups is 2. The maximum atomic E-state index is 13.1. The molecule has 148 valence electrons. The second kappa shape index (κ2) is 8.26. The van der Waals surface area contributed by atoms with Gasteiger partial charge in [-0.25, -0.2) is 0 Å². The molecule has 1 aromatic carbocycles. The van der Waals surface area contributed by atoms with Crippen LogP contribution in [-0.4, -0.2) is 79.0 Å². The number of ether oxygens (including phenoxy) is 1. The molecule has 0 N–H and O–H groups in total. The fourth-order valence-electron chi connectivity index (χ4n) is 3.32. The van der Waals surface area contributed by atoms with Crippen molar-refractivity contribution in [2.75, 3.05) is 52.5 Å². The van der Waals surface area contributed by atoms with Gasteiger partial charge >= 0.3 is 18.0 Å². The van der Waals surface area contributed by atoms with Crippen molar-refractivity contribution in [3.05, 3.63) is 35.4 Å². The molecular weight excluding hydrogens is 363 g/mol. The standard InChI is InChI=1S/C18H22F3N3O3/c19-18(20,21)15-4-2-1-3-14(15)13-22-5-7-23(8-6-22)16(25)17(26)24-9-11-27-12-10-24/h1-4H,5-13H2. The third kappa shape index (κ3) is 4.78. The topological polar surface area (TPSA) is 53.1 Å². The minimum Gasteiger partial charge on any atom is -0.378 e. The summed E-state index contributed by atoms with van der Waals surface area (Å²) in [4.78, 5) is 29.5. The van der Waals surface area contributed by atoms with Gasteiger partial charge in [-0.1, -0.05) is 18.2 Å². The highest BCUT2D eigenvalue weighted by molar-refractivity contribution is 6.34. The molecule has 27 heavy (non-hydrogen) atoms. The van der Waals surface area contributed by atoms with E-state index in [4.69, 9.17) is 4.74 Å². The van der Waals surface area contributed by atoms with Crippen molar-refractivity contribution < 1.29 is 27.5 Å². The van der Waals surface area contributed by atoms with E-state index in [9.17, 15) is 22.8 Å². The summed E-state index contributed by atoms with van der Waals surface area (Å²) in [5, 5.41) is 0. The second-order valence-electron chi connectivity index (χ2n) is 6.63. The molecule has 1 aromatic rings. The van der Waals surface area contributed by atoms with Gasteiger partial charge in [-0.05, 0) is 11.6 Å². The molecule has 2 heterocycles. The van der Waals surface area contributed by atoms with Crippen molar-refractivity contribution in [1.29, 1.82) is 0 Å². The second-order valence-corrected chi connectivity index (χ2v) is 6.63. The normalized spacial score (nSPS) is 19.2. The first-order valence-electron chi connectivity index (χ1n) is 8.89. The summed E-state index contributed by atoms with van der Waals surface area (Å²) in [6.07, 6.45) is -4.39. The van der Waals surface area contributed by atoms with Crippen molar-refractivity contribution in [3.8, 4) is 0 Å². The molecule has 2 saturated heterocycles. The fourth-order valence-corrected chi connectivity index (χ4v) is 3.32. The molecule has 0 unspecified atom stereocenters. The Morgan fingerprint density at radius 1 is 0.889 bits per heavy atom. The smallest absolute Gasteiger partial charge is 0.378 e. The molecule has 2 aliphatic rings. The summed E-state index contributed by atoms with van der Waals surface area (Å²) in [6, 6.07) is 5.52. The lowest BCUT2D eigenvalue weighted by Crippen LogP contribution is -2.54. The molecular formula is C18H22F3N3O3. The van der Waals surface area contributed by atoms with Gasteiger partial charge in [0.25, 0.3) is 0 Å². The Bertz CT molecular complexity index is 682. The zero-order chi connectivity index (χ0) is 19.4. The number of piperazine rings is 1. The van der Waals surface area contributed by atoms with Gasteiger partial charge in [-0.2, -0.15) is 13.2 Å². The van der Waals surface area contributed by atoms with Crippen LogP contribution in [0.2, 0.25) is 0 Å². The molecule has 0 radical (unpaired) electrons. The zero-order valence-electron chi connectivity index (χ0n) is 14.9. The van der Waals surface area contributed by atoms with Crippen molar-refractivity contribution in [1.82, 2.24) is 14.7 Å². The molecule has 2 fully saturated rings. The lowest BCUT2D eigenvalue weighted by molar-refractivity contribution is -0.155. The molecule has 0 bridgehead atoms. The zero-order valence-corrected chi connectivity index (χ0v) is 14.9. The van der Waals surface area contributed by atoms with Crippen LogP contribution in [0.1, 0.15) is 11.1 Å². The van der Waals surface area contributed by atoms with Gasteiger partial charge in [-0.15, -0.1) is 0 Å². The number of alkyl halides is 3. The molecule has 0 atom stereocenters. The van der Waals surface area contributed by atoms with Crippen LogP contribution in [0, 0.1) is 0 Å². The van der Waals surface area contributed by atoms with Crippen LogP contribution in [0.5, 0.6) is 0 Å². The van der Waals surface area contributed by atoms with E-state index in [1.165, 1.54) is 21.9 Å². The predicted octanol–water partition coefficient (Wildman–Crippen LogP) is 1.21. The fraction of sp³-hybridized carbons (Fsp3) is 0.556. The lowest BCUT2D eigenvalue weighted by Gasteiger charge is -2.36. The summed E-state index contributed by atoms with van der Waals surface area (Å²) < 4.78 is 44.5. The Kier molecular flexibility index (Phi) is 6.01. The molecule has 6 nitrogen and oxygen atoms in total. The highest BCUT2D eigenvalue weighted by atomic mass is 19.4. The number of benzene rings is 1. The van der Waals surface area contributed by atoms with E-state index >= 15 is 0 Å². The van der Waals surface area contributed by atoms with E-state index in [-0.39, 0.29) is 12.1 Å². The van der Waals surface area contributed by atoms with Crippen LogP contribution >= 0.6 is 0 Å². The van der Waals surface area contributed by atoms with Crippen LogP contribution in [0.25, 0.3) is 0 Å². The highest BCUT2D eigenvalue weighted by Gasteiger charge is 2.34. The Morgan fingerprint density at radius 3 is 2.04 bits per heavy atom. The summed E-state index contributed by atoms with van der Waals surface area (Å²) in [5.41, 5.74) is -0.417. The molecule has 0 aliphatic carbocycles. The third-order valence-corrected chi connectivity index (χ3v) is 4.86. The number of halogens is 3. The first-order chi connectivity index (χ1) is 12.9. The number of hydrogen-bond donors (Lipinski definition) is 0. The Labute approximate surface area is 155 Å². The van der Waals surface area contributed by atoms with Crippen molar-refractivity contribution in [3.63, 3.8) is 0 Å². The predicted molar refractivity (Wildman–Crippen MR) is 90.7 cm³/mol. The Hall–Kier alpha value is -2.13. The molecule has 0 saturated carbocycles. The van der Waals surface area contributed by atoms with Crippen LogP contribution in [0.3, 0.4) is 0 Å². The summed E-state index contributed by atoms with van der Waals surface area (Å²) in [5.74, 6) is -1.08. The van der Waals surface area contributed by atoms with Crippen LogP contribution in [0.15, 0.2) is 24.3 Å². The quantitative estimate of drug-likeness (QED) is 0.719. The van der Waals surface area contributed by atoms with E-state index in [0.717, 1.165) is 6.07 Å². The van der Waals surface area contributed by atoms with Crippen molar-refractivity contribution in [2.24, 2.45) is 0 Å². The van der Waals surface area contributed by atoms with Crippen LogP contribution in [0.4, 0.5) is 13.2 Å². The van der Waals surface area contributed by atoms with Gasteiger partial charge in [-0.3, -0.25) is 14.5 Å². The van der Waals surface area contributed by atoms with E-state index in [0.29, 0.717) is 52.5 Å². The summed E-state index contributed by atoms with van der Waals surface area (Å²) in [7, 11) is 0. The monoisotopic (exact) mass is 385 g/mol. The number of hydrogen-bond acceptors (Lipinski definition) is 4. The van der Waals surface area contributed by atoms with Gasteiger partial charge < -0.3 is 14.5 Å². The maximum absolute atomic E-state index is 13.1. The van der Waals surface area contributed by atoms with E-state index in [1.807, 2.05) is 4.90 Å². The summed E-state index contributed by atoms with van der Waals surface area (Å²) >= 11 is 0. The molecule has 2 aliphatic heterocycles. The van der Waals surface area contributed by atoms with E-state index < -0.39 is 23.6 Å². The van der Waals surface area contributed by atoms with Crippen molar-refractivity contribution >= 4 is 11.8 Å². The maximum Gasteiger partial charge on any atom is 0.416 e. The van der Waals surface area contributed by atoms with Crippen LogP contribution in [-0.2, 0) is 27.0 Å². The number of carbonyl (C=O) groups excluding carboxylic acids is 2. The van der Waals surface area contributed by atoms with Gasteiger partial charge in [0.15, 0.2) is 0 Å². The minimum atomic E-state index is -4.39. The van der Waals surface area contributed by atoms with Gasteiger partial charge in [0, 0.05) is 45.8 Å². The SMILES string of the molecule is O=C(C(=O)N1CCN(Cc2ccccc2C(F)(F)F)CC1)N1CCOCC1. The molecule has 3 rings (SSSR count). The van der Waals surface area contributed by atoms with Gasteiger partial charge in [0.05, 0.1) is 18.8 Å². The van der Waals surface area contributed by atoms with Crippen LogP contribution < -0.4 is 0 Å². The summed E-state index contributed by atoms with van der Waals surface area (Å²) in [6.45, 7) is 3.30. The first-order valence-corrected chi connectivity index (χ1v) is 8.89. The Morgan fingerprint density at radius 2 is 1.44 bits per heavy atom. The molecule has 9 heteroatoms. The lowest BCUT2D eigenvalue weighted by atomic mass is 10.1. The van der Waals surface area contributed by atoms with E-state index in [1.54, 1.807) is 6.07 Å². The number of morpholine rings is 1. The Balaban J connectivity index is 1.55. The van der Waals surface area contributed by atoms with Gasteiger partial charge in [0.1, 0.15) is 0 Å². The molecule has 0 aromatic heterocycles. The number of nitrogens with zero attached hydrogens (tertiary/aromatic N) is 3. The number of rotatable bonds is 2. The molecule has 0 spiro atoms. The highest BCUT2D eigenvalue weighted by Crippen LogP contribution is 2.32. The third-order valence-electron chi connectivity index (χ3n) is 4.86.